The third-order valence-electron chi connectivity index (χ3n) is 6.79. The fraction of sp³-hybridized carbons (Fsp3) is 0.310. The summed E-state index contributed by atoms with van der Waals surface area (Å²) in [6.45, 7) is 8.51. The molecule has 35 heavy (non-hydrogen) atoms. The zero-order valence-corrected chi connectivity index (χ0v) is 20.3. The summed E-state index contributed by atoms with van der Waals surface area (Å²) in [6.07, 6.45) is 0. The van der Waals surface area contributed by atoms with Crippen LogP contribution in [-0.4, -0.2) is 41.4 Å². The average Bonchev–Trinajstić information content (AvgIpc) is 2.93. The number of morpholine rings is 1. The maximum Gasteiger partial charge on any atom is 0.272 e. The first-order valence-electron chi connectivity index (χ1n) is 12.5. The molecule has 1 fully saturated rings. The van der Waals surface area contributed by atoms with Crippen LogP contribution in [0.5, 0.6) is 0 Å². The van der Waals surface area contributed by atoms with E-state index in [1.54, 1.807) is 0 Å². The van der Waals surface area contributed by atoms with Gasteiger partial charge in [-0.15, -0.1) is 0 Å². The second kappa shape index (κ2) is 10.4. The third-order valence-corrected chi connectivity index (χ3v) is 6.79. The van der Waals surface area contributed by atoms with Crippen LogP contribution >= 0.6 is 0 Å². The number of aromatic nitrogens is 2. The molecule has 180 valence electrons. The Kier molecular flexibility index (Phi) is 6.93. The van der Waals surface area contributed by atoms with Gasteiger partial charge in [0.15, 0.2) is 0 Å². The molecule has 6 nitrogen and oxygen atoms in total. The number of nitrogens with one attached hydrogen (secondary N) is 2. The minimum atomic E-state index is -0.157. The smallest absolute Gasteiger partial charge is 0.272 e. The first-order chi connectivity index (χ1) is 17.3. The number of hydrogen-bond donors (Lipinski definition) is 2. The van der Waals surface area contributed by atoms with Crippen molar-refractivity contribution in [2.24, 2.45) is 0 Å². The van der Waals surface area contributed by atoms with Gasteiger partial charge in [-0.2, -0.15) is 5.10 Å². The van der Waals surface area contributed by atoms with Crippen LogP contribution < -0.4 is 10.9 Å². The van der Waals surface area contributed by atoms with Crippen LogP contribution in [0.25, 0.3) is 10.8 Å². The summed E-state index contributed by atoms with van der Waals surface area (Å²) in [6, 6.07) is 25.1. The van der Waals surface area contributed by atoms with Gasteiger partial charge in [-0.1, -0.05) is 74.5 Å². The van der Waals surface area contributed by atoms with Crippen LogP contribution in [0.3, 0.4) is 0 Å². The summed E-state index contributed by atoms with van der Waals surface area (Å²) in [4.78, 5) is 14.9. The highest BCUT2D eigenvalue weighted by atomic mass is 16.5. The molecular formula is C29H32N4O2. The molecule has 2 aliphatic rings. The zero-order chi connectivity index (χ0) is 24.2. The molecule has 0 spiro atoms. The van der Waals surface area contributed by atoms with Crippen molar-refractivity contribution >= 4 is 16.5 Å². The molecule has 0 bridgehead atoms. The summed E-state index contributed by atoms with van der Waals surface area (Å²) in [5.74, 6) is -0.0226. The monoisotopic (exact) mass is 468 g/mol. The maximum absolute atomic E-state index is 12.5. The van der Waals surface area contributed by atoms with E-state index in [0.717, 1.165) is 49.6 Å². The van der Waals surface area contributed by atoms with Gasteiger partial charge >= 0.3 is 0 Å². The Labute approximate surface area is 205 Å². The summed E-state index contributed by atoms with van der Waals surface area (Å²) < 4.78 is 5.47. The molecule has 4 aromatic rings. The number of benzene rings is 3. The molecule has 3 heterocycles. The van der Waals surface area contributed by atoms with E-state index in [1.165, 1.54) is 16.7 Å². The lowest BCUT2D eigenvalue weighted by Crippen LogP contribution is -2.35. The number of rotatable bonds is 4. The lowest BCUT2D eigenvalue weighted by Gasteiger charge is -2.35. The Balaban J connectivity index is 0.00000124. The summed E-state index contributed by atoms with van der Waals surface area (Å²) in [5.41, 5.74) is 5.38. The minimum absolute atomic E-state index is 0.00124. The number of H-pyrrole nitrogens is 1. The third kappa shape index (κ3) is 4.59. The first-order valence-corrected chi connectivity index (χ1v) is 12.5. The average molecular weight is 469 g/mol. The number of hydrogen-bond acceptors (Lipinski definition) is 5. The van der Waals surface area contributed by atoms with E-state index in [9.17, 15) is 4.79 Å². The quantitative estimate of drug-likeness (QED) is 0.437. The Hall–Kier alpha value is -3.48. The summed E-state index contributed by atoms with van der Waals surface area (Å²) >= 11 is 0. The van der Waals surface area contributed by atoms with Crippen molar-refractivity contribution in [3.8, 4) is 0 Å². The molecule has 0 radical (unpaired) electrons. The van der Waals surface area contributed by atoms with Crippen LogP contribution in [0.15, 0.2) is 77.6 Å². The van der Waals surface area contributed by atoms with Crippen molar-refractivity contribution in [1.29, 1.82) is 0 Å². The van der Waals surface area contributed by atoms with E-state index >= 15 is 0 Å². The van der Waals surface area contributed by atoms with Crippen molar-refractivity contribution in [3.63, 3.8) is 0 Å². The van der Waals surface area contributed by atoms with Crippen LogP contribution in [0.4, 0.5) is 5.69 Å². The predicted octanol–water partition coefficient (Wildman–Crippen LogP) is 5.08. The molecule has 2 N–H and O–H groups in total. The van der Waals surface area contributed by atoms with E-state index < -0.39 is 0 Å². The van der Waals surface area contributed by atoms with Crippen molar-refractivity contribution in [2.75, 3.05) is 31.6 Å². The second-order valence-electron chi connectivity index (χ2n) is 8.81. The summed E-state index contributed by atoms with van der Waals surface area (Å²) in [7, 11) is 0. The molecule has 6 heteroatoms. The molecule has 2 atom stereocenters. The number of ether oxygens (including phenoxy) is 1. The van der Waals surface area contributed by atoms with Crippen LogP contribution in [0, 0.1) is 0 Å². The minimum Gasteiger partial charge on any atom is -0.379 e. The second-order valence-corrected chi connectivity index (χ2v) is 8.81. The number of anilines is 1. The Morgan fingerprint density at radius 1 is 0.914 bits per heavy atom. The van der Waals surface area contributed by atoms with Gasteiger partial charge in [0.25, 0.3) is 5.56 Å². The fourth-order valence-corrected chi connectivity index (χ4v) is 5.13. The lowest BCUT2D eigenvalue weighted by atomic mass is 9.80. The van der Waals surface area contributed by atoms with Crippen molar-refractivity contribution in [3.05, 3.63) is 106 Å². The molecular weight excluding hydrogens is 436 g/mol. The Bertz CT molecular complexity index is 1330. The largest absolute Gasteiger partial charge is 0.379 e. The molecule has 2 aliphatic heterocycles. The highest BCUT2D eigenvalue weighted by Crippen LogP contribution is 2.46. The van der Waals surface area contributed by atoms with Gasteiger partial charge in [0.05, 0.1) is 36.3 Å². The van der Waals surface area contributed by atoms with Gasteiger partial charge in [0, 0.05) is 30.7 Å². The van der Waals surface area contributed by atoms with Crippen LogP contribution in [0.2, 0.25) is 0 Å². The van der Waals surface area contributed by atoms with Crippen LogP contribution in [0.1, 0.15) is 48.2 Å². The molecule has 1 saturated heterocycles. The predicted molar refractivity (Wildman–Crippen MR) is 141 cm³/mol. The molecule has 0 saturated carbocycles. The fourth-order valence-electron chi connectivity index (χ4n) is 5.13. The number of aromatic amines is 1. The van der Waals surface area contributed by atoms with Crippen molar-refractivity contribution in [2.45, 2.75) is 32.4 Å². The molecule has 3 aromatic carbocycles. The molecule has 6 rings (SSSR count). The van der Waals surface area contributed by atoms with Gasteiger partial charge in [0.1, 0.15) is 0 Å². The van der Waals surface area contributed by atoms with Crippen LogP contribution in [-0.2, 0) is 11.3 Å². The van der Waals surface area contributed by atoms with Crippen molar-refractivity contribution in [1.82, 2.24) is 15.1 Å². The van der Waals surface area contributed by atoms with E-state index in [1.807, 2.05) is 38.1 Å². The standard InChI is InChI=1S/C27H26N4O2.C2H6/c32-27-21-7-4-8-22-24(21)26(29-30-27)23(19-5-2-1-3-6-19)25(28-22)20-11-9-18(10-12-20)17-31-13-15-33-16-14-31;1-2/h1-12,23,25,28H,13-17H2,(H,30,32);1-2H3. The maximum atomic E-state index is 12.5. The van der Waals surface area contributed by atoms with E-state index in [0.29, 0.717) is 5.39 Å². The molecule has 0 aliphatic carbocycles. The van der Waals surface area contributed by atoms with E-state index in [-0.39, 0.29) is 17.5 Å². The normalized spacial score (nSPS) is 19.5. The van der Waals surface area contributed by atoms with Gasteiger partial charge in [-0.25, -0.2) is 5.10 Å². The van der Waals surface area contributed by atoms with E-state index in [4.69, 9.17) is 4.74 Å². The van der Waals surface area contributed by atoms with Gasteiger partial charge in [-0.3, -0.25) is 9.69 Å². The molecule has 2 unspecified atom stereocenters. The van der Waals surface area contributed by atoms with E-state index in [2.05, 4.69) is 68.9 Å². The topological polar surface area (TPSA) is 70.2 Å². The lowest BCUT2D eigenvalue weighted by molar-refractivity contribution is 0.0342. The highest BCUT2D eigenvalue weighted by Gasteiger charge is 2.34. The van der Waals surface area contributed by atoms with Gasteiger partial charge in [0.2, 0.25) is 0 Å². The van der Waals surface area contributed by atoms with Gasteiger partial charge < -0.3 is 10.1 Å². The zero-order valence-electron chi connectivity index (χ0n) is 20.3. The number of nitrogens with zero attached hydrogens (tertiary/aromatic N) is 2. The van der Waals surface area contributed by atoms with Gasteiger partial charge in [-0.05, 0) is 28.8 Å². The molecule has 1 aromatic heterocycles. The first kappa shape index (κ1) is 23.3. The highest BCUT2D eigenvalue weighted by molar-refractivity contribution is 5.97. The molecule has 0 amide bonds. The van der Waals surface area contributed by atoms with Crippen molar-refractivity contribution < 1.29 is 4.74 Å². The Morgan fingerprint density at radius 3 is 2.40 bits per heavy atom. The Morgan fingerprint density at radius 2 is 1.66 bits per heavy atom. The summed E-state index contributed by atoms with van der Waals surface area (Å²) in [5, 5.41) is 12.6. The SMILES string of the molecule is CC.O=c1[nH]nc2c3c(cccc13)NC(c1ccc(CN3CCOCC3)cc1)C2c1ccccc1.